The van der Waals surface area contributed by atoms with Crippen molar-refractivity contribution >= 4 is 28.6 Å². The zero-order valence-corrected chi connectivity index (χ0v) is 15.1. The van der Waals surface area contributed by atoms with Gasteiger partial charge in [-0.05, 0) is 31.0 Å². The summed E-state index contributed by atoms with van der Waals surface area (Å²) in [7, 11) is 0. The number of hydrogen-bond acceptors (Lipinski definition) is 6. The van der Waals surface area contributed by atoms with E-state index in [-0.39, 0.29) is 17.2 Å². The topological polar surface area (TPSA) is 97.7 Å². The van der Waals surface area contributed by atoms with Crippen molar-refractivity contribution in [1.29, 1.82) is 0 Å². The lowest BCUT2D eigenvalue weighted by molar-refractivity contribution is 0.0399. The third kappa shape index (κ3) is 3.69. The Morgan fingerprint density at radius 2 is 2.19 bits per heavy atom. The largest absolute Gasteiger partial charge is 0.488 e. The van der Waals surface area contributed by atoms with Gasteiger partial charge in [-0.1, -0.05) is 11.6 Å². The number of aromatic nitrogens is 3. The van der Waals surface area contributed by atoms with Crippen molar-refractivity contribution in [1.82, 2.24) is 14.6 Å². The number of hydrogen-bond donors (Lipinski definition) is 3. The average Bonchev–Trinajstić information content (AvgIpc) is 3.05. The Hall–Kier alpha value is -2.42. The van der Waals surface area contributed by atoms with Crippen LogP contribution >= 0.6 is 11.6 Å². The van der Waals surface area contributed by atoms with Crippen molar-refractivity contribution in [2.75, 3.05) is 5.32 Å². The lowest BCUT2D eigenvalue weighted by atomic mass is 9.91. The zero-order chi connectivity index (χ0) is 19.0. The Balaban J connectivity index is 1.62. The molecule has 1 saturated carbocycles. The summed E-state index contributed by atoms with van der Waals surface area (Å²) in [4.78, 5) is 4.28. The zero-order valence-electron chi connectivity index (χ0n) is 14.3. The van der Waals surface area contributed by atoms with Crippen LogP contribution < -0.4 is 15.8 Å². The predicted molar refractivity (Wildman–Crippen MR) is 99.9 cm³/mol. The van der Waals surface area contributed by atoms with E-state index in [9.17, 15) is 9.50 Å². The standard InChI is InChI=1S/C18H19ClFN5O2/c19-12-7-10(1-3-13(12)20)24-18-17-16(5-6-25(17)23-9-22-18)27-11-2-4-14(21)15(26)8-11/h1,3,5-7,9,11,14-15,26H,2,4,8,21H2,(H,22,23,24). The number of aliphatic hydroxyl groups is 1. The van der Waals surface area contributed by atoms with Crippen LogP contribution in [0.5, 0.6) is 5.75 Å². The number of fused-ring (bicyclic) bond motifs is 1. The van der Waals surface area contributed by atoms with Crippen molar-refractivity contribution < 1.29 is 14.2 Å². The minimum atomic E-state index is -0.576. The van der Waals surface area contributed by atoms with Gasteiger partial charge in [-0.25, -0.2) is 13.9 Å². The van der Waals surface area contributed by atoms with E-state index in [1.54, 1.807) is 22.8 Å². The second kappa shape index (κ2) is 7.30. The molecule has 4 N–H and O–H groups in total. The van der Waals surface area contributed by atoms with Crippen molar-refractivity contribution in [3.8, 4) is 5.75 Å². The van der Waals surface area contributed by atoms with Crippen molar-refractivity contribution in [2.24, 2.45) is 5.73 Å². The smallest absolute Gasteiger partial charge is 0.162 e. The monoisotopic (exact) mass is 391 g/mol. The van der Waals surface area contributed by atoms with E-state index in [4.69, 9.17) is 22.1 Å². The maximum absolute atomic E-state index is 13.4. The van der Waals surface area contributed by atoms with Crippen LogP contribution in [0.15, 0.2) is 36.8 Å². The molecule has 3 aromatic rings. The summed E-state index contributed by atoms with van der Waals surface area (Å²) in [5.41, 5.74) is 7.09. The third-order valence-electron chi connectivity index (χ3n) is 4.71. The molecule has 0 saturated heterocycles. The van der Waals surface area contributed by atoms with Gasteiger partial charge in [0.05, 0.1) is 11.1 Å². The molecule has 1 aromatic carbocycles. The van der Waals surface area contributed by atoms with Gasteiger partial charge in [-0.2, -0.15) is 5.10 Å². The molecule has 2 aromatic heterocycles. The Morgan fingerprint density at radius 3 is 2.96 bits per heavy atom. The van der Waals surface area contributed by atoms with Crippen molar-refractivity contribution in [3.05, 3.63) is 47.6 Å². The molecule has 1 aliphatic carbocycles. The molecule has 0 spiro atoms. The van der Waals surface area contributed by atoms with Gasteiger partial charge in [0.1, 0.15) is 23.8 Å². The summed E-state index contributed by atoms with van der Waals surface area (Å²) in [6.07, 6.45) is 4.40. The molecule has 0 radical (unpaired) electrons. The minimum absolute atomic E-state index is 0.0180. The number of nitrogens with one attached hydrogen (secondary N) is 1. The van der Waals surface area contributed by atoms with Gasteiger partial charge >= 0.3 is 0 Å². The van der Waals surface area contributed by atoms with Crippen LogP contribution in [-0.4, -0.2) is 38.0 Å². The fraction of sp³-hybridized carbons (Fsp3) is 0.333. The molecular formula is C18H19ClFN5O2. The molecule has 0 aliphatic heterocycles. The highest BCUT2D eigenvalue weighted by molar-refractivity contribution is 6.31. The number of anilines is 2. The average molecular weight is 392 g/mol. The van der Waals surface area contributed by atoms with Crippen LogP contribution in [0.25, 0.3) is 5.52 Å². The van der Waals surface area contributed by atoms with Crippen molar-refractivity contribution in [2.45, 2.75) is 37.5 Å². The number of aliphatic hydroxyl groups excluding tert-OH is 1. The predicted octanol–water partition coefficient (Wildman–Crippen LogP) is 2.88. The van der Waals surface area contributed by atoms with Crippen LogP contribution in [0.1, 0.15) is 19.3 Å². The first-order valence-corrected chi connectivity index (χ1v) is 9.04. The normalized spacial score (nSPS) is 22.7. The van der Waals surface area contributed by atoms with Crippen LogP contribution in [0.2, 0.25) is 5.02 Å². The summed E-state index contributed by atoms with van der Waals surface area (Å²) < 4.78 is 21.1. The number of rotatable bonds is 4. The highest BCUT2D eigenvalue weighted by atomic mass is 35.5. The second-order valence-electron chi connectivity index (χ2n) is 6.62. The lowest BCUT2D eigenvalue weighted by Gasteiger charge is -2.30. The highest BCUT2D eigenvalue weighted by Crippen LogP contribution is 2.32. The van der Waals surface area contributed by atoms with Crippen LogP contribution in [0.3, 0.4) is 0 Å². The minimum Gasteiger partial charge on any atom is -0.488 e. The van der Waals surface area contributed by atoms with Gasteiger partial charge in [0, 0.05) is 30.4 Å². The molecule has 1 fully saturated rings. The van der Waals surface area contributed by atoms with Gasteiger partial charge in [0.2, 0.25) is 0 Å². The lowest BCUT2D eigenvalue weighted by Crippen LogP contribution is -2.43. The molecule has 4 rings (SSSR count). The second-order valence-corrected chi connectivity index (χ2v) is 7.03. The van der Waals surface area contributed by atoms with Gasteiger partial charge < -0.3 is 20.9 Å². The Bertz CT molecular complexity index is 966. The molecule has 3 atom stereocenters. The van der Waals surface area contributed by atoms with Gasteiger partial charge in [0.25, 0.3) is 0 Å². The van der Waals surface area contributed by atoms with Crippen LogP contribution in [0, 0.1) is 5.82 Å². The van der Waals surface area contributed by atoms with E-state index in [2.05, 4.69) is 15.4 Å². The summed E-state index contributed by atoms with van der Waals surface area (Å²) in [5, 5.41) is 17.3. The van der Waals surface area contributed by atoms with Gasteiger partial charge in [-0.3, -0.25) is 0 Å². The Labute approximate surface area is 159 Å². The van der Waals surface area contributed by atoms with Crippen LogP contribution in [0.4, 0.5) is 15.9 Å². The molecule has 7 nitrogen and oxygen atoms in total. The molecule has 27 heavy (non-hydrogen) atoms. The van der Waals surface area contributed by atoms with E-state index < -0.39 is 11.9 Å². The van der Waals surface area contributed by atoms with Crippen LogP contribution in [-0.2, 0) is 0 Å². The molecule has 3 unspecified atom stereocenters. The van der Waals surface area contributed by atoms with E-state index in [1.165, 1.54) is 18.5 Å². The number of ether oxygens (including phenoxy) is 1. The summed E-state index contributed by atoms with van der Waals surface area (Å²) >= 11 is 5.85. The number of benzene rings is 1. The highest BCUT2D eigenvalue weighted by Gasteiger charge is 2.28. The maximum atomic E-state index is 13.4. The first-order chi connectivity index (χ1) is 13.0. The Morgan fingerprint density at radius 1 is 1.33 bits per heavy atom. The van der Waals surface area contributed by atoms with Gasteiger partial charge in [0.15, 0.2) is 11.6 Å². The summed E-state index contributed by atoms with van der Waals surface area (Å²) in [5.74, 6) is 0.607. The fourth-order valence-electron chi connectivity index (χ4n) is 3.24. The first-order valence-electron chi connectivity index (χ1n) is 8.66. The number of nitrogens with two attached hydrogens (primary N) is 1. The number of nitrogens with zero attached hydrogens (tertiary/aromatic N) is 3. The summed E-state index contributed by atoms with van der Waals surface area (Å²) in [6, 6.07) is 5.93. The molecule has 0 bridgehead atoms. The molecule has 2 heterocycles. The maximum Gasteiger partial charge on any atom is 0.162 e. The quantitative estimate of drug-likeness (QED) is 0.632. The molecule has 1 aliphatic rings. The molecule has 0 amide bonds. The first kappa shape index (κ1) is 18.0. The molecule has 142 valence electrons. The summed E-state index contributed by atoms with van der Waals surface area (Å²) in [6.45, 7) is 0. The van der Waals surface area contributed by atoms with E-state index >= 15 is 0 Å². The molecule has 9 heteroatoms. The fourth-order valence-corrected chi connectivity index (χ4v) is 3.42. The Kier molecular flexibility index (Phi) is 4.86. The van der Waals surface area contributed by atoms with Crippen molar-refractivity contribution in [3.63, 3.8) is 0 Å². The van der Waals surface area contributed by atoms with E-state index in [0.29, 0.717) is 35.6 Å². The van der Waals surface area contributed by atoms with E-state index in [0.717, 1.165) is 6.42 Å². The third-order valence-corrected chi connectivity index (χ3v) is 5.00. The van der Waals surface area contributed by atoms with Gasteiger partial charge in [-0.15, -0.1) is 0 Å². The molecular weight excluding hydrogens is 373 g/mol. The number of halogens is 2. The SMILES string of the molecule is NC1CCC(Oc2ccn3ncnc(Nc4ccc(F)c(Cl)c4)c23)CC1O. The van der Waals surface area contributed by atoms with E-state index in [1.807, 2.05) is 0 Å².